The largest absolute Gasteiger partial charge is 0.310 e. The molecular formula is C52H35NS. The van der Waals surface area contributed by atoms with Crippen molar-refractivity contribution in [1.29, 1.82) is 0 Å². The van der Waals surface area contributed by atoms with Gasteiger partial charge in [0.05, 0.1) is 0 Å². The van der Waals surface area contributed by atoms with E-state index in [1.165, 1.54) is 75.5 Å². The third kappa shape index (κ3) is 5.84. The van der Waals surface area contributed by atoms with Crippen LogP contribution in [0, 0.1) is 0 Å². The van der Waals surface area contributed by atoms with Gasteiger partial charge in [-0.3, -0.25) is 0 Å². The van der Waals surface area contributed by atoms with Crippen molar-refractivity contribution in [3.8, 4) is 44.5 Å². The Morgan fingerprint density at radius 2 is 0.852 bits per heavy atom. The predicted octanol–water partition coefficient (Wildman–Crippen LogP) is 15.3. The molecule has 0 unspecified atom stereocenters. The van der Waals surface area contributed by atoms with E-state index in [9.17, 15) is 0 Å². The molecule has 1 heterocycles. The van der Waals surface area contributed by atoms with E-state index < -0.39 is 0 Å². The molecule has 0 fully saturated rings. The van der Waals surface area contributed by atoms with Gasteiger partial charge in [-0.05, 0) is 110 Å². The van der Waals surface area contributed by atoms with E-state index in [-0.39, 0.29) is 0 Å². The maximum absolute atomic E-state index is 2.41. The quantitative estimate of drug-likeness (QED) is 0.160. The van der Waals surface area contributed by atoms with E-state index in [4.69, 9.17) is 0 Å². The van der Waals surface area contributed by atoms with Crippen molar-refractivity contribution in [2.75, 3.05) is 4.90 Å². The standard InChI is InChI=1S/C52H35NS/c1-3-14-36(15-4-1)41-32-42(37-16-5-2-6-17-37)35-45(34-41)53(44-21-11-20-40(33-44)47-24-12-19-38-18-7-8-22-46(38)47)43-30-28-39(29-31-43)48-25-13-27-51-52(48)49-23-9-10-26-50(49)54-51/h1-35H. The van der Waals surface area contributed by atoms with Gasteiger partial charge in [-0.15, -0.1) is 11.3 Å². The van der Waals surface area contributed by atoms with Gasteiger partial charge in [0, 0.05) is 37.2 Å². The number of hydrogen-bond acceptors (Lipinski definition) is 2. The Morgan fingerprint density at radius 1 is 0.296 bits per heavy atom. The minimum atomic E-state index is 1.10. The minimum absolute atomic E-state index is 1.10. The van der Waals surface area contributed by atoms with Crippen LogP contribution in [0.25, 0.3) is 75.5 Å². The zero-order valence-corrected chi connectivity index (χ0v) is 30.4. The molecule has 254 valence electrons. The van der Waals surface area contributed by atoms with Crippen LogP contribution < -0.4 is 4.90 Å². The second-order valence-corrected chi connectivity index (χ2v) is 14.8. The zero-order valence-electron chi connectivity index (χ0n) is 29.6. The van der Waals surface area contributed by atoms with Crippen molar-refractivity contribution in [3.05, 3.63) is 212 Å². The minimum Gasteiger partial charge on any atom is -0.310 e. The van der Waals surface area contributed by atoms with E-state index in [0.717, 1.165) is 17.1 Å². The second kappa shape index (κ2) is 13.7. The fourth-order valence-electron chi connectivity index (χ4n) is 7.88. The summed E-state index contributed by atoms with van der Waals surface area (Å²) < 4.78 is 2.64. The molecule has 2 heteroatoms. The SMILES string of the molecule is c1ccc(-c2cc(-c3ccccc3)cc(N(c3ccc(-c4cccc5sc6ccccc6c45)cc3)c3cccc(-c4cccc5ccccc45)c3)c2)cc1. The number of anilines is 3. The molecule has 0 atom stereocenters. The first-order chi connectivity index (χ1) is 26.8. The zero-order chi connectivity index (χ0) is 35.8. The molecule has 0 N–H and O–H groups in total. The van der Waals surface area contributed by atoms with Crippen molar-refractivity contribution in [2.45, 2.75) is 0 Å². The van der Waals surface area contributed by atoms with E-state index in [1.54, 1.807) is 0 Å². The smallest absolute Gasteiger partial charge is 0.0473 e. The average Bonchev–Trinajstić information content (AvgIpc) is 3.64. The van der Waals surface area contributed by atoms with E-state index >= 15 is 0 Å². The summed E-state index contributed by atoms with van der Waals surface area (Å²) in [5.74, 6) is 0. The van der Waals surface area contributed by atoms with Gasteiger partial charge >= 0.3 is 0 Å². The lowest BCUT2D eigenvalue weighted by molar-refractivity contribution is 1.28. The van der Waals surface area contributed by atoms with Crippen LogP contribution >= 0.6 is 11.3 Å². The van der Waals surface area contributed by atoms with Crippen LogP contribution in [0.3, 0.4) is 0 Å². The molecule has 10 rings (SSSR count). The molecule has 0 saturated carbocycles. The molecule has 0 radical (unpaired) electrons. The Morgan fingerprint density at radius 3 is 1.61 bits per heavy atom. The highest BCUT2D eigenvalue weighted by atomic mass is 32.1. The molecule has 0 aliphatic rings. The summed E-state index contributed by atoms with van der Waals surface area (Å²) >= 11 is 1.86. The van der Waals surface area contributed by atoms with Crippen molar-refractivity contribution in [1.82, 2.24) is 0 Å². The van der Waals surface area contributed by atoms with Crippen LogP contribution in [0.2, 0.25) is 0 Å². The topological polar surface area (TPSA) is 3.24 Å². The summed E-state index contributed by atoms with van der Waals surface area (Å²) in [7, 11) is 0. The van der Waals surface area contributed by atoms with Crippen LogP contribution in [0.4, 0.5) is 17.1 Å². The van der Waals surface area contributed by atoms with Crippen LogP contribution in [-0.4, -0.2) is 0 Å². The number of nitrogens with zero attached hydrogens (tertiary/aromatic N) is 1. The molecule has 0 saturated heterocycles. The number of rotatable bonds is 7. The monoisotopic (exact) mass is 705 g/mol. The molecule has 0 amide bonds. The Labute approximate surface area is 319 Å². The molecule has 1 aromatic heterocycles. The number of benzene rings is 9. The van der Waals surface area contributed by atoms with Gasteiger partial charge in [0.25, 0.3) is 0 Å². The number of fused-ring (bicyclic) bond motifs is 4. The molecular weight excluding hydrogens is 671 g/mol. The lowest BCUT2D eigenvalue weighted by Crippen LogP contribution is -2.10. The highest BCUT2D eigenvalue weighted by Gasteiger charge is 2.18. The Bertz CT molecular complexity index is 2860. The van der Waals surface area contributed by atoms with Crippen LogP contribution in [-0.2, 0) is 0 Å². The van der Waals surface area contributed by atoms with Gasteiger partial charge in [-0.1, -0.05) is 158 Å². The lowest BCUT2D eigenvalue weighted by Gasteiger charge is -2.28. The van der Waals surface area contributed by atoms with E-state index in [0.29, 0.717) is 0 Å². The highest BCUT2D eigenvalue weighted by Crippen LogP contribution is 2.44. The molecule has 0 aliphatic heterocycles. The Kier molecular flexibility index (Phi) is 8.09. The summed E-state index contributed by atoms with van der Waals surface area (Å²) in [6.45, 7) is 0. The van der Waals surface area contributed by atoms with Gasteiger partial charge in [0.15, 0.2) is 0 Å². The van der Waals surface area contributed by atoms with Crippen molar-refractivity contribution >= 4 is 59.3 Å². The number of hydrogen-bond donors (Lipinski definition) is 0. The van der Waals surface area contributed by atoms with Crippen molar-refractivity contribution in [3.63, 3.8) is 0 Å². The summed E-state index contributed by atoms with van der Waals surface area (Å²) in [4.78, 5) is 2.41. The van der Waals surface area contributed by atoms with Crippen LogP contribution in [0.15, 0.2) is 212 Å². The second-order valence-electron chi connectivity index (χ2n) is 13.7. The van der Waals surface area contributed by atoms with Crippen molar-refractivity contribution in [2.24, 2.45) is 0 Å². The molecule has 0 spiro atoms. The molecule has 10 aromatic rings. The van der Waals surface area contributed by atoms with Crippen molar-refractivity contribution < 1.29 is 0 Å². The third-order valence-corrected chi connectivity index (χ3v) is 11.6. The summed E-state index contributed by atoms with van der Waals surface area (Å²) in [6, 6.07) is 77.2. The first kappa shape index (κ1) is 32.0. The van der Waals surface area contributed by atoms with E-state index in [1.807, 2.05) is 11.3 Å². The maximum atomic E-state index is 2.41. The third-order valence-electron chi connectivity index (χ3n) is 10.4. The molecule has 54 heavy (non-hydrogen) atoms. The first-order valence-corrected chi connectivity index (χ1v) is 19.2. The molecule has 0 aliphatic carbocycles. The predicted molar refractivity (Wildman–Crippen MR) is 233 cm³/mol. The molecule has 1 nitrogen and oxygen atoms in total. The fourth-order valence-corrected chi connectivity index (χ4v) is 9.01. The maximum Gasteiger partial charge on any atom is 0.0473 e. The Balaban J connectivity index is 1.17. The van der Waals surface area contributed by atoms with E-state index in [2.05, 4.69) is 217 Å². The number of thiophene rings is 1. The lowest BCUT2D eigenvalue weighted by atomic mass is 9.96. The first-order valence-electron chi connectivity index (χ1n) is 18.4. The van der Waals surface area contributed by atoms with Gasteiger partial charge in [0.2, 0.25) is 0 Å². The highest BCUT2D eigenvalue weighted by molar-refractivity contribution is 7.25. The van der Waals surface area contributed by atoms with Gasteiger partial charge in [-0.2, -0.15) is 0 Å². The fraction of sp³-hybridized carbons (Fsp3) is 0. The normalized spacial score (nSPS) is 11.3. The van der Waals surface area contributed by atoms with Crippen LogP contribution in [0.1, 0.15) is 0 Å². The summed E-state index contributed by atoms with van der Waals surface area (Å²) in [5.41, 5.74) is 12.9. The van der Waals surface area contributed by atoms with Gasteiger partial charge < -0.3 is 4.90 Å². The van der Waals surface area contributed by atoms with Crippen LogP contribution in [0.5, 0.6) is 0 Å². The average molecular weight is 706 g/mol. The summed E-state index contributed by atoms with van der Waals surface area (Å²) in [5, 5.41) is 5.13. The molecule has 0 bridgehead atoms. The van der Waals surface area contributed by atoms with Gasteiger partial charge in [-0.25, -0.2) is 0 Å². The molecule has 9 aromatic carbocycles. The summed E-state index contributed by atoms with van der Waals surface area (Å²) in [6.07, 6.45) is 0. The Hall–Kier alpha value is -6.74. The van der Waals surface area contributed by atoms with Gasteiger partial charge in [0.1, 0.15) is 0 Å².